The molecule has 0 radical (unpaired) electrons. The van der Waals surface area contributed by atoms with Crippen LogP contribution in [0.1, 0.15) is 73.6 Å². The van der Waals surface area contributed by atoms with Crippen molar-refractivity contribution in [3.05, 3.63) is 47.7 Å². The first-order chi connectivity index (χ1) is 13.3. The molecule has 2 aliphatic rings. The van der Waals surface area contributed by atoms with Gasteiger partial charge in [-0.3, -0.25) is 4.79 Å². The smallest absolute Gasteiger partial charge is 0.223 e. The summed E-state index contributed by atoms with van der Waals surface area (Å²) >= 11 is 0. The van der Waals surface area contributed by atoms with Gasteiger partial charge in [-0.05, 0) is 24.3 Å². The number of benzene rings is 1. The summed E-state index contributed by atoms with van der Waals surface area (Å²) in [5.74, 6) is 4.94. The van der Waals surface area contributed by atoms with E-state index in [1.165, 1.54) is 18.4 Å². The maximum Gasteiger partial charge on any atom is 0.223 e. The van der Waals surface area contributed by atoms with E-state index in [1.54, 1.807) is 0 Å². The van der Waals surface area contributed by atoms with Crippen LogP contribution in [0.5, 0.6) is 0 Å². The summed E-state index contributed by atoms with van der Waals surface area (Å²) in [7, 11) is 0. The molecule has 2 atom stereocenters. The van der Waals surface area contributed by atoms with Crippen LogP contribution in [0.2, 0.25) is 0 Å². The minimum Gasteiger partial charge on any atom is -0.425 e. The number of rotatable bonds is 5. The second-order valence-corrected chi connectivity index (χ2v) is 7.59. The molecule has 2 heterocycles. The number of carbonyl (C=O) groups is 1. The lowest BCUT2D eigenvalue weighted by atomic mass is 9.75. The van der Waals surface area contributed by atoms with E-state index in [9.17, 15) is 4.79 Å². The zero-order valence-corrected chi connectivity index (χ0v) is 15.5. The van der Waals surface area contributed by atoms with Crippen LogP contribution in [0, 0.1) is 12.3 Å². The molecule has 0 spiro atoms. The maximum atomic E-state index is 12.0. The fourth-order valence-electron chi connectivity index (χ4n) is 4.26. The fourth-order valence-corrected chi connectivity index (χ4v) is 4.26. The lowest BCUT2D eigenvalue weighted by Gasteiger charge is -2.37. The molecular formula is C22H25N3O2. The van der Waals surface area contributed by atoms with Gasteiger partial charge in [0.1, 0.15) is 0 Å². The Bertz CT molecular complexity index is 818. The molecule has 0 bridgehead atoms. The molecule has 5 nitrogen and oxygen atoms in total. The average molecular weight is 363 g/mol. The van der Waals surface area contributed by atoms with Gasteiger partial charge in [-0.25, -0.2) is 0 Å². The molecule has 140 valence electrons. The summed E-state index contributed by atoms with van der Waals surface area (Å²) in [6.07, 6.45) is 10.8. The molecule has 1 aliphatic heterocycles. The SMILES string of the molecule is C#CCCC(=O)N1CC(c2nnc(C3CCCCC3c3ccccc3)o2)C1. The van der Waals surface area contributed by atoms with E-state index < -0.39 is 0 Å². The van der Waals surface area contributed by atoms with Crippen molar-refractivity contribution in [3.63, 3.8) is 0 Å². The first-order valence-electron chi connectivity index (χ1n) is 9.85. The highest BCUT2D eigenvalue weighted by Crippen LogP contribution is 2.44. The van der Waals surface area contributed by atoms with Gasteiger partial charge in [0.15, 0.2) is 0 Å². The van der Waals surface area contributed by atoms with Gasteiger partial charge in [0, 0.05) is 31.8 Å². The number of amides is 1. The van der Waals surface area contributed by atoms with Crippen LogP contribution in [-0.4, -0.2) is 34.1 Å². The number of hydrogen-bond donors (Lipinski definition) is 0. The third-order valence-electron chi connectivity index (χ3n) is 5.83. The summed E-state index contributed by atoms with van der Waals surface area (Å²) in [5, 5.41) is 8.70. The summed E-state index contributed by atoms with van der Waals surface area (Å²) in [6.45, 7) is 1.30. The molecule has 1 aromatic carbocycles. The van der Waals surface area contributed by atoms with Crippen molar-refractivity contribution in [1.29, 1.82) is 0 Å². The van der Waals surface area contributed by atoms with Crippen LogP contribution in [0.3, 0.4) is 0 Å². The predicted octanol–water partition coefficient (Wildman–Crippen LogP) is 3.85. The summed E-state index contributed by atoms with van der Waals surface area (Å²) in [6, 6.07) is 10.7. The summed E-state index contributed by atoms with van der Waals surface area (Å²) in [4.78, 5) is 13.8. The lowest BCUT2D eigenvalue weighted by molar-refractivity contribution is -0.135. The Hall–Kier alpha value is -2.61. The molecule has 2 aromatic rings. The zero-order chi connectivity index (χ0) is 18.6. The molecule has 1 aliphatic carbocycles. The number of carbonyl (C=O) groups excluding carboxylic acids is 1. The minimum atomic E-state index is 0.111. The van der Waals surface area contributed by atoms with E-state index in [0.717, 1.165) is 18.7 Å². The van der Waals surface area contributed by atoms with Gasteiger partial charge in [0.05, 0.1) is 5.92 Å². The summed E-state index contributed by atoms with van der Waals surface area (Å²) in [5.41, 5.74) is 1.36. The standard InChI is InChI=1S/C22H25N3O2/c1-2-3-13-20(26)25-14-17(15-25)21-23-24-22(27-21)19-12-8-7-11-18(19)16-9-5-4-6-10-16/h1,4-6,9-10,17-19H,3,7-8,11-15H2. The van der Waals surface area contributed by atoms with E-state index in [1.807, 2.05) is 4.90 Å². The third kappa shape index (κ3) is 3.75. The highest BCUT2D eigenvalue weighted by Gasteiger charge is 2.37. The Morgan fingerprint density at radius 2 is 1.81 bits per heavy atom. The zero-order valence-electron chi connectivity index (χ0n) is 15.5. The van der Waals surface area contributed by atoms with Crippen molar-refractivity contribution in [2.45, 2.75) is 56.3 Å². The Morgan fingerprint density at radius 3 is 2.56 bits per heavy atom. The van der Waals surface area contributed by atoms with Crippen molar-refractivity contribution in [1.82, 2.24) is 15.1 Å². The van der Waals surface area contributed by atoms with E-state index in [0.29, 0.717) is 37.7 Å². The van der Waals surface area contributed by atoms with Gasteiger partial charge in [-0.2, -0.15) is 0 Å². The fraction of sp³-hybridized carbons (Fsp3) is 0.500. The maximum absolute atomic E-state index is 12.0. The molecule has 2 unspecified atom stereocenters. The monoisotopic (exact) mass is 363 g/mol. The molecule has 2 fully saturated rings. The van der Waals surface area contributed by atoms with Crippen molar-refractivity contribution >= 4 is 5.91 Å². The molecule has 1 saturated carbocycles. The molecule has 27 heavy (non-hydrogen) atoms. The second-order valence-electron chi connectivity index (χ2n) is 7.59. The van der Waals surface area contributed by atoms with Crippen molar-refractivity contribution in [2.24, 2.45) is 0 Å². The van der Waals surface area contributed by atoms with Crippen molar-refractivity contribution in [3.8, 4) is 12.3 Å². The van der Waals surface area contributed by atoms with E-state index in [4.69, 9.17) is 10.8 Å². The highest BCUT2D eigenvalue weighted by molar-refractivity contribution is 5.77. The van der Waals surface area contributed by atoms with E-state index in [2.05, 4.69) is 46.4 Å². The minimum absolute atomic E-state index is 0.111. The van der Waals surface area contributed by atoms with E-state index in [-0.39, 0.29) is 17.7 Å². The van der Waals surface area contributed by atoms with Crippen molar-refractivity contribution < 1.29 is 9.21 Å². The quantitative estimate of drug-likeness (QED) is 0.757. The molecule has 1 aromatic heterocycles. The molecule has 4 rings (SSSR count). The van der Waals surface area contributed by atoms with Gasteiger partial charge in [0.25, 0.3) is 0 Å². The van der Waals surface area contributed by atoms with Gasteiger partial charge in [-0.1, -0.05) is 43.2 Å². The third-order valence-corrected chi connectivity index (χ3v) is 5.83. The van der Waals surface area contributed by atoms with Crippen LogP contribution in [-0.2, 0) is 4.79 Å². The Balaban J connectivity index is 1.42. The van der Waals surface area contributed by atoms with Crippen LogP contribution < -0.4 is 0 Å². The van der Waals surface area contributed by atoms with Crippen LogP contribution >= 0.6 is 0 Å². The van der Waals surface area contributed by atoms with Crippen LogP contribution in [0.15, 0.2) is 34.7 Å². The first-order valence-corrected chi connectivity index (χ1v) is 9.85. The van der Waals surface area contributed by atoms with Gasteiger partial charge < -0.3 is 9.32 Å². The lowest BCUT2D eigenvalue weighted by Crippen LogP contribution is -2.48. The van der Waals surface area contributed by atoms with Gasteiger partial charge in [-0.15, -0.1) is 22.5 Å². The molecular weight excluding hydrogens is 338 g/mol. The first kappa shape index (κ1) is 17.8. The number of likely N-dealkylation sites (tertiary alicyclic amines) is 1. The van der Waals surface area contributed by atoms with Gasteiger partial charge >= 0.3 is 0 Å². The second kappa shape index (κ2) is 7.96. The molecule has 1 saturated heterocycles. The van der Waals surface area contributed by atoms with Gasteiger partial charge in [0.2, 0.25) is 17.7 Å². The molecule has 0 N–H and O–H groups in total. The largest absolute Gasteiger partial charge is 0.425 e. The molecule has 1 amide bonds. The Labute approximate surface area is 160 Å². The average Bonchev–Trinajstić information content (AvgIpc) is 3.15. The molecule has 5 heteroatoms. The van der Waals surface area contributed by atoms with Crippen LogP contribution in [0.4, 0.5) is 0 Å². The van der Waals surface area contributed by atoms with Crippen molar-refractivity contribution in [2.75, 3.05) is 13.1 Å². The number of aromatic nitrogens is 2. The van der Waals surface area contributed by atoms with E-state index >= 15 is 0 Å². The van der Waals surface area contributed by atoms with Crippen LogP contribution in [0.25, 0.3) is 0 Å². The Kier molecular flexibility index (Phi) is 5.24. The number of terminal acetylenes is 1. The number of hydrogen-bond acceptors (Lipinski definition) is 4. The predicted molar refractivity (Wildman–Crippen MR) is 102 cm³/mol. The summed E-state index contributed by atoms with van der Waals surface area (Å²) < 4.78 is 6.10. The Morgan fingerprint density at radius 1 is 1.11 bits per heavy atom. The normalized spacial score (nSPS) is 22.9. The topological polar surface area (TPSA) is 59.2 Å². The number of nitrogens with zero attached hydrogens (tertiary/aromatic N) is 3. The highest BCUT2D eigenvalue weighted by atomic mass is 16.4.